The molecule has 5 rings (SSSR count). The van der Waals surface area contributed by atoms with Crippen LogP contribution in [0, 0.1) is 6.92 Å². The van der Waals surface area contributed by atoms with Gasteiger partial charge in [0.15, 0.2) is 0 Å². The van der Waals surface area contributed by atoms with Crippen LogP contribution >= 0.6 is 0 Å². The summed E-state index contributed by atoms with van der Waals surface area (Å²) >= 11 is 0. The van der Waals surface area contributed by atoms with E-state index in [9.17, 15) is 4.79 Å². The smallest absolute Gasteiger partial charge is 0.257 e. The van der Waals surface area contributed by atoms with Crippen LogP contribution in [-0.4, -0.2) is 42.8 Å². The van der Waals surface area contributed by atoms with Crippen LogP contribution in [0.2, 0.25) is 0 Å². The lowest BCUT2D eigenvalue weighted by molar-refractivity contribution is 0.0689. The summed E-state index contributed by atoms with van der Waals surface area (Å²) in [6.07, 6.45) is 11.4. The van der Waals surface area contributed by atoms with E-state index < -0.39 is 0 Å². The van der Waals surface area contributed by atoms with E-state index in [1.54, 1.807) is 6.20 Å². The second-order valence-electron chi connectivity index (χ2n) is 7.97. The Morgan fingerprint density at radius 1 is 1.13 bits per heavy atom. The van der Waals surface area contributed by atoms with Gasteiger partial charge in [0.25, 0.3) is 5.91 Å². The average Bonchev–Trinajstić information content (AvgIpc) is 3.48. The third kappa shape index (κ3) is 3.91. The number of imidazole rings is 2. The largest absolute Gasteiger partial charge is 0.486 e. The Labute approximate surface area is 180 Å². The first-order valence-corrected chi connectivity index (χ1v) is 10.6. The number of aryl methyl sites for hydroxylation is 1. The maximum absolute atomic E-state index is 13.2. The zero-order chi connectivity index (χ0) is 21.2. The van der Waals surface area contributed by atoms with Crippen molar-refractivity contribution >= 4 is 11.6 Å². The van der Waals surface area contributed by atoms with Crippen LogP contribution in [0.3, 0.4) is 0 Å². The molecule has 31 heavy (non-hydrogen) atoms. The molecule has 1 saturated heterocycles. The number of para-hydroxylation sites is 1. The van der Waals surface area contributed by atoms with E-state index in [4.69, 9.17) is 4.74 Å². The number of amides is 1. The van der Waals surface area contributed by atoms with Gasteiger partial charge in [-0.05, 0) is 43.5 Å². The molecule has 0 aliphatic carbocycles. The predicted molar refractivity (Wildman–Crippen MR) is 117 cm³/mol. The van der Waals surface area contributed by atoms with Crippen LogP contribution in [0.5, 0.6) is 5.75 Å². The van der Waals surface area contributed by atoms with Gasteiger partial charge in [-0.3, -0.25) is 4.79 Å². The summed E-state index contributed by atoms with van der Waals surface area (Å²) in [6, 6.07) is 11.9. The Balaban J connectivity index is 1.27. The number of pyridine rings is 1. The molecule has 4 aromatic rings. The lowest BCUT2D eigenvalue weighted by Crippen LogP contribution is -2.39. The van der Waals surface area contributed by atoms with Crippen LogP contribution in [-0.2, 0) is 6.61 Å². The fraction of sp³-hybridized carbons (Fsp3) is 0.292. The van der Waals surface area contributed by atoms with E-state index in [1.165, 1.54) is 0 Å². The molecule has 0 unspecified atom stereocenters. The molecule has 0 radical (unpaired) electrons. The predicted octanol–water partition coefficient (Wildman–Crippen LogP) is 3.90. The number of benzene rings is 1. The SMILES string of the molecule is Cc1cccn2cc(COc3ccccc3C(=O)N3CCC(n4ccnc4)CC3)nc12. The highest BCUT2D eigenvalue weighted by Crippen LogP contribution is 2.26. The molecule has 158 valence electrons. The Hall–Kier alpha value is -3.61. The van der Waals surface area contributed by atoms with Gasteiger partial charge in [-0.1, -0.05) is 18.2 Å². The van der Waals surface area contributed by atoms with E-state index in [0.717, 1.165) is 42.8 Å². The van der Waals surface area contributed by atoms with Crippen LogP contribution in [0.25, 0.3) is 5.65 Å². The van der Waals surface area contributed by atoms with Gasteiger partial charge in [0.05, 0.1) is 17.6 Å². The third-order valence-electron chi connectivity index (χ3n) is 5.92. The number of nitrogens with zero attached hydrogens (tertiary/aromatic N) is 5. The lowest BCUT2D eigenvalue weighted by atomic mass is 10.0. The maximum Gasteiger partial charge on any atom is 0.257 e. The zero-order valence-corrected chi connectivity index (χ0v) is 17.5. The van der Waals surface area contributed by atoms with Crippen molar-refractivity contribution in [3.8, 4) is 5.75 Å². The van der Waals surface area contributed by atoms with Gasteiger partial charge in [0.1, 0.15) is 18.0 Å². The molecule has 4 heterocycles. The minimum absolute atomic E-state index is 0.0190. The molecule has 1 aromatic carbocycles. The van der Waals surface area contributed by atoms with Crippen molar-refractivity contribution < 1.29 is 9.53 Å². The first-order chi connectivity index (χ1) is 15.2. The van der Waals surface area contributed by atoms with E-state index in [1.807, 2.05) is 77.5 Å². The van der Waals surface area contributed by atoms with E-state index >= 15 is 0 Å². The summed E-state index contributed by atoms with van der Waals surface area (Å²) in [5.74, 6) is 0.614. The minimum atomic E-state index is 0.0190. The molecule has 1 fully saturated rings. The maximum atomic E-state index is 13.2. The summed E-state index contributed by atoms with van der Waals surface area (Å²) in [5.41, 5.74) is 3.47. The molecular formula is C24H25N5O2. The van der Waals surface area contributed by atoms with Crippen molar-refractivity contribution in [2.24, 2.45) is 0 Å². The summed E-state index contributed by atoms with van der Waals surface area (Å²) < 4.78 is 10.2. The molecular weight excluding hydrogens is 390 g/mol. The zero-order valence-electron chi connectivity index (χ0n) is 17.5. The fourth-order valence-electron chi connectivity index (χ4n) is 4.22. The molecule has 0 spiro atoms. The number of rotatable bonds is 5. The highest BCUT2D eigenvalue weighted by molar-refractivity contribution is 5.97. The molecule has 1 aliphatic rings. The molecule has 7 heteroatoms. The number of ether oxygens (including phenoxy) is 1. The van der Waals surface area contributed by atoms with Gasteiger partial charge in [-0.2, -0.15) is 0 Å². The summed E-state index contributed by atoms with van der Waals surface area (Å²) in [5, 5.41) is 0. The topological polar surface area (TPSA) is 64.7 Å². The summed E-state index contributed by atoms with van der Waals surface area (Å²) in [4.78, 5) is 23.9. The van der Waals surface area contributed by atoms with E-state index in [-0.39, 0.29) is 5.91 Å². The number of aromatic nitrogens is 4. The molecule has 0 atom stereocenters. The monoisotopic (exact) mass is 415 g/mol. The van der Waals surface area contributed by atoms with Gasteiger partial charge in [-0.15, -0.1) is 0 Å². The Morgan fingerprint density at radius 2 is 1.97 bits per heavy atom. The van der Waals surface area contributed by atoms with Crippen LogP contribution < -0.4 is 4.74 Å². The summed E-state index contributed by atoms with van der Waals surface area (Å²) in [6.45, 7) is 3.80. The van der Waals surface area contributed by atoms with Crippen LogP contribution in [0.1, 0.15) is 40.5 Å². The van der Waals surface area contributed by atoms with Crippen molar-refractivity contribution in [2.45, 2.75) is 32.4 Å². The molecule has 0 N–H and O–H groups in total. The van der Waals surface area contributed by atoms with Gasteiger partial charge < -0.3 is 18.6 Å². The lowest BCUT2D eigenvalue weighted by Gasteiger charge is -2.32. The average molecular weight is 415 g/mol. The number of carbonyl (C=O) groups is 1. The van der Waals surface area contributed by atoms with E-state index in [0.29, 0.717) is 24.0 Å². The molecule has 7 nitrogen and oxygen atoms in total. The standard InChI is InChI=1S/C24H25N5O2/c1-18-5-4-11-28-15-19(26-23(18)28)16-31-22-7-3-2-6-21(22)24(30)27-12-8-20(9-13-27)29-14-10-25-17-29/h2-7,10-11,14-15,17,20H,8-9,12-13,16H2,1H3. The number of fused-ring (bicyclic) bond motifs is 1. The van der Waals surface area contributed by atoms with Gasteiger partial charge >= 0.3 is 0 Å². The Morgan fingerprint density at radius 3 is 2.74 bits per heavy atom. The molecule has 3 aromatic heterocycles. The van der Waals surface area contributed by atoms with Crippen molar-refractivity contribution in [3.63, 3.8) is 0 Å². The van der Waals surface area contributed by atoms with E-state index in [2.05, 4.69) is 14.5 Å². The van der Waals surface area contributed by atoms with Crippen molar-refractivity contribution in [2.75, 3.05) is 13.1 Å². The van der Waals surface area contributed by atoms with Crippen molar-refractivity contribution in [1.29, 1.82) is 0 Å². The van der Waals surface area contributed by atoms with Gasteiger partial charge in [0, 0.05) is 43.9 Å². The number of hydrogen-bond acceptors (Lipinski definition) is 4. The molecule has 0 saturated carbocycles. The number of carbonyl (C=O) groups excluding carboxylic acids is 1. The third-order valence-corrected chi connectivity index (χ3v) is 5.92. The number of piperidine rings is 1. The first kappa shape index (κ1) is 19.4. The molecule has 0 bridgehead atoms. The van der Waals surface area contributed by atoms with Gasteiger partial charge in [0.2, 0.25) is 0 Å². The number of likely N-dealkylation sites (tertiary alicyclic amines) is 1. The quantitative estimate of drug-likeness (QED) is 0.496. The Kier molecular flexibility index (Phi) is 5.16. The van der Waals surface area contributed by atoms with Crippen LogP contribution in [0.15, 0.2) is 67.5 Å². The minimum Gasteiger partial charge on any atom is -0.486 e. The van der Waals surface area contributed by atoms with Crippen LogP contribution in [0.4, 0.5) is 0 Å². The normalized spacial score (nSPS) is 14.8. The molecule has 1 amide bonds. The second kappa shape index (κ2) is 8.26. The van der Waals surface area contributed by atoms with Crippen molar-refractivity contribution in [1.82, 2.24) is 23.8 Å². The van der Waals surface area contributed by atoms with Crippen molar-refractivity contribution in [3.05, 3.63) is 84.3 Å². The number of hydrogen-bond donors (Lipinski definition) is 0. The highest BCUT2D eigenvalue weighted by atomic mass is 16.5. The highest BCUT2D eigenvalue weighted by Gasteiger charge is 2.26. The van der Waals surface area contributed by atoms with Gasteiger partial charge in [-0.25, -0.2) is 9.97 Å². The Bertz CT molecular complexity index is 1190. The second-order valence-corrected chi connectivity index (χ2v) is 7.97. The summed E-state index contributed by atoms with van der Waals surface area (Å²) in [7, 11) is 0. The fourth-order valence-corrected chi connectivity index (χ4v) is 4.22. The molecule has 1 aliphatic heterocycles. The first-order valence-electron chi connectivity index (χ1n) is 10.6.